The van der Waals surface area contributed by atoms with Gasteiger partial charge in [-0.25, -0.2) is 4.98 Å². The molecule has 1 N–H and O–H groups in total. The zero-order valence-electron chi connectivity index (χ0n) is 15.6. The quantitative estimate of drug-likeness (QED) is 0.867. The summed E-state index contributed by atoms with van der Waals surface area (Å²) in [7, 11) is 4.60. The number of carbonyl (C=O) groups is 1. The first-order valence-corrected chi connectivity index (χ1v) is 8.62. The molecule has 0 unspecified atom stereocenters. The van der Waals surface area contributed by atoms with Crippen molar-refractivity contribution in [2.75, 3.05) is 26.6 Å². The number of aromatic nitrogens is 1. The number of hydrogen-bond acceptors (Lipinski definition) is 6. The molecule has 1 amide bonds. The second-order valence-electron chi connectivity index (χ2n) is 6.55. The average Bonchev–Trinajstić information content (AvgIpc) is 2.96. The van der Waals surface area contributed by atoms with Crippen molar-refractivity contribution in [3.8, 4) is 17.2 Å². The number of ether oxygens (including phenoxy) is 3. The Morgan fingerprint density at radius 1 is 1.08 bits per heavy atom. The summed E-state index contributed by atoms with van der Waals surface area (Å²) in [4.78, 5) is 17.8. The molecule has 0 aliphatic rings. The van der Waals surface area contributed by atoms with Crippen LogP contribution in [0.25, 0.3) is 0 Å². The lowest BCUT2D eigenvalue weighted by Gasteiger charge is -2.14. The lowest BCUT2D eigenvalue weighted by molar-refractivity contribution is 0.103. The van der Waals surface area contributed by atoms with Crippen molar-refractivity contribution in [2.24, 2.45) is 0 Å². The SMILES string of the molecule is COc1cc(NC(=O)c2sc(C(C)(C)C)nc2C)cc(OC)c1OC. The van der Waals surface area contributed by atoms with Crippen LogP contribution >= 0.6 is 11.3 Å². The van der Waals surface area contributed by atoms with E-state index in [1.807, 2.05) is 6.92 Å². The van der Waals surface area contributed by atoms with Crippen LogP contribution in [-0.4, -0.2) is 32.2 Å². The summed E-state index contributed by atoms with van der Waals surface area (Å²) in [6, 6.07) is 3.39. The molecule has 1 heterocycles. The van der Waals surface area contributed by atoms with Crippen LogP contribution in [-0.2, 0) is 5.41 Å². The zero-order chi connectivity index (χ0) is 18.8. The third-order valence-electron chi connectivity index (χ3n) is 3.57. The standard InChI is InChI=1S/C18H24N2O4S/c1-10-15(25-17(19-10)18(2,3)4)16(21)20-11-8-12(22-5)14(24-7)13(9-11)23-6/h8-9H,1-7H3,(H,20,21). The molecule has 7 heteroatoms. The van der Waals surface area contributed by atoms with Gasteiger partial charge in [-0.3, -0.25) is 4.79 Å². The van der Waals surface area contributed by atoms with Crippen molar-refractivity contribution in [1.29, 1.82) is 0 Å². The molecule has 0 spiro atoms. The van der Waals surface area contributed by atoms with E-state index in [0.29, 0.717) is 27.8 Å². The van der Waals surface area contributed by atoms with E-state index in [4.69, 9.17) is 14.2 Å². The summed E-state index contributed by atoms with van der Waals surface area (Å²) in [5.41, 5.74) is 1.19. The van der Waals surface area contributed by atoms with Gasteiger partial charge in [-0.15, -0.1) is 11.3 Å². The van der Waals surface area contributed by atoms with Gasteiger partial charge >= 0.3 is 0 Å². The monoisotopic (exact) mass is 364 g/mol. The fourth-order valence-corrected chi connectivity index (χ4v) is 3.29. The van der Waals surface area contributed by atoms with Crippen LogP contribution in [0.3, 0.4) is 0 Å². The Bertz CT molecular complexity index is 753. The van der Waals surface area contributed by atoms with Crippen LogP contribution < -0.4 is 19.5 Å². The molecule has 0 saturated carbocycles. The van der Waals surface area contributed by atoms with Crippen LogP contribution in [0.4, 0.5) is 5.69 Å². The van der Waals surface area contributed by atoms with Crippen LogP contribution in [0.2, 0.25) is 0 Å². The Morgan fingerprint density at radius 3 is 2.04 bits per heavy atom. The number of anilines is 1. The van der Waals surface area contributed by atoms with Crippen molar-refractivity contribution in [2.45, 2.75) is 33.1 Å². The summed E-state index contributed by atoms with van der Waals surface area (Å²) in [5, 5.41) is 3.81. The normalized spacial score (nSPS) is 11.2. The third kappa shape index (κ3) is 4.04. The number of carbonyl (C=O) groups excluding carboxylic acids is 1. The van der Waals surface area contributed by atoms with E-state index in [9.17, 15) is 4.79 Å². The Labute approximate surface area is 152 Å². The maximum Gasteiger partial charge on any atom is 0.267 e. The zero-order valence-corrected chi connectivity index (χ0v) is 16.5. The number of amides is 1. The van der Waals surface area contributed by atoms with Gasteiger partial charge in [-0.1, -0.05) is 20.8 Å². The van der Waals surface area contributed by atoms with Gasteiger partial charge in [0.25, 0.3) is 5.91 Å². The van der Waals surface area contributed by atoms with Crippen molar-refractivity contribution in [3.63, 3.8) is 0 Å². The summed E-state index contributed by atoms with van der Waals surface area (Å²) < 4.78 is 15.9. The van der Waals surface area contributed by atoms with Gasteiger partial charge in [-0.2, -0.15) is 0 Å². The van der Waals surface area contributed by atoms with Gasteiger partial charge in [0.15, 0.2) is 11.5 Å². The van der Waals surface area contributed by atoms with Gasteiger partial charge < -0.3 is 19.5 Å². The predicted octanol–water partition coefficient (Wildman–Crippen LogP) is 4.03. The minimum atomic E-state index is -0.209. The summed E-state index contributed by atoms with van der Waals surface area (Å²) in [5.74, 6) is 1.23. The largest absolute Gasteiger partial charge is 0.493 e. The summed E-state index contributed by atoms with van der Waals surface area (Å²) in [6.45, 7) is 8.07. The van der Waals surface area contributed by atoms with Crippen LogP contribution in [0, 0.1) is 6.92 Å². The van der Waals surface area contributed by atoms with Gasteiger partial charge in [0.2, 0.25) is 5.75 Å². The highest BCUT2D eigenvalue weighted by molar-refractivity contribution is 7.14. The number of methoxy groups -OCH3 is 3. The molecule has 136 valence electrons. The Balaban J connectivity index is 2.34. The molecular formula is C18H24N2O4S. The van der Waals surface area contributed by atoms with E-state index in [0.717, 1.165) is 10.7 Å². The van der Waals surface area contributed by atoms with E-state index in [1.54, 1.807) is 12.1 Å². The molecule has 2 aromatic rings. The van der Waals surface area contributed by atoms with Gasteiger partial charge in [0.1, 0.15) is 4.88 Å². The highest BCUT2D eigenvalue weighted by Crippen LogP contribution is 2.40. The topological polar surface area (TPSA) is 69.7 Å². The molecule has 0 radical (unpaired) electrons. The minimum absolute atomic E-state index is 0.0967. The van der Waals surface area contributed by atoms with Crippen molar-refractivity contribution >= 4 is 22.9 Å². The highest BCUT2D eigenvalue weighted by atomic mass is 32.1. The van der Waals surface area contributed by atoms with E-state index >= 15 is 0 Å². The smallest absolute Gasteiger partial charge is 0.267 e. The van der Waals surface area contributed by atoms with Gasteiger partial charge in [0.05, 0.1) is 32.0 Å². The Morgan fingerprint density at radius 2 is 1.64 bits per heavy atom. The predicted molar refractivity (Wildman–Crippen MR) is 99.6 cm³/mol. The van der Waals surface area contributed by atoms with Crippen molar-refractivity contribution in [1.82, 2.24) is 4.98 Å². The minimum Gasteiger partial charge on any atom is -0.493 e. The van der Waals surface area contributed by atoms with Gasteiger partial charge in [-0.05, 0) is 6.92 Å². The average molecular weight is 364 g/mol. The molecule has 25 heavy (non-hydrogen) atoms. The van der Waals surface area contributed by atoms with Gasteiger partial charge in [0, 0.05) is 23.2 Å². The Kier molecular flexibility index (Phi) is 5.57. The Hall–Kier alpha value is -2.28. The number of aryl methyl sites for hydroxylation is 1. The van der Waals surface area contributed by atoms with E-state index < -0.39 is 0 Å². The van der Waals surface area contributed by atoms with Crippen molar-refractivity contribution < 1.29 is 19.0 Å². The number of benzene rings is 1. The molecule has 1 aromatic heterocycles. The summed E-state index contributed by atoms with van der Waals surface area (Å²) >= 11 is 1.41. The molecule has 0 fully saturated rings. The number of rotatable bonds is 5. The number of nitrogens with zero attached hydrogens (tertiary/aromatic N) is 1. The van der Waals surface area contributed by atoms with Crippen LogP contribution in [0.1, 0.15) is 41.1 Å². The van der Waals surface area contributed by atoms with Crippen LogP contribution in [0.15, 0.2) is 12.1 Å². The first-order chi connectivity index (χ1) is 11.7. The van der Waals surface area contributed by atoms with Crippen molar-refractivity contribution in [3.05, 3.63) is 27.7 Å². The lowest BCUT2D eigenvalue weighted by Crippen LogP contribution is -2.12. The lowest BCUT2D eigenvalue weighted by atomic mass is 9.98. The molecule has 0 aliphatic carbocycles. The third-order valence-corrected chi connectivity index (χ3v) is 5.15. The van der Waals surface area contributed by atoms with Crippen LogP contribution in [0.5, 0.6) is 17.2 Å². The summed E-state index contributed by atoms with van der Waals surface area (Å²) in [6.07, 6.45) is 0. The number of nitrogens with one attached hydrogen (secondary N) is 1. The van der Waals surface area contributed by atoms with E-state index in [-0.39, 0.29) is 11.3 Å². The van der Waals surface area contributed by atoms with E-state index in [1.165, 1.54) is 32.7 Å². The molecule has 0 bridgehead atoms. The second-order valence-corrected chi connectivity index (χ2v) is 7.55. The molecule has 0 aliphatic heterocycles. The first-order valence-electron chi connectivity index (χ1n) is 7.80. The molecule has 6 nitrogen and oxygen atoms in total. The highest BCUT2D eigenvalue weighted by Gasteiger charge is 2.23. The molecular weight excluding hydrogens is 340 g/mol. The number of hydrogen-bond donors (Lipinski definition) is 1. The number of thiazole rings is 1. The maximum absolute atomic E-state index is 12.7. The molecule has 0 saturated heterocycles. The molecule has 0 atom stereocenters. The maximum atomic E-state index is 12.7. The molecule has 2 rings (SSSR count). The second kappa shape index (κ2) is 7.31. The van der Waals surface area contributed by atoms with E-state index in [2.05, 4.69) is 31.1 Å². The fraction of sp³-hybridized carbons (Fsp3) is 0.444. The molecule has 1 aromatic carbocycles. The first kappa shape index (κ1) is 19.1. The fourth-order valence-electron chi connectivity index (χ4n) is 2.27.